The number of amides is 1. The van der Waals surface area contributed by atoms with Crippen LogP contribution < -0.4 is 0 Å². The highest BCUT2D eigenvalue weighted by Crippen LogP contribution is 2.30. The number of aromatic nitrogens is 2. The van der Waals surface area contributed by atoms with Gasteiger partial charge in [-0.25, -0.2) is 4.98 Å². The van der Waals surface area contributed by atoms with Crippen molar-refractivity contribution in [2.75, 3.05) is 13.1 Å². The predicted molar refractivity (Wildman–Crippen MR) is 93.3 cm³/mol. The first-order valence-electron chi connectivity index (χ1n) is 8.59. The van der Waals surface area contributed by atoms with E-state index in [0.717, 1.165) is 30.8 Å². The van der Waals surface area contributed by atoms with Crippen LogP contribution in [-0.2, 0) is 0 Å². The van der Waals surface area contributed by atoms with Gasteiger partial charge in [0.2, 0.25) is 0 Å². The molecule has 1 aromatic heterocycles. The third kappa shape index (κ3) is 3.03. The number of aryl methyl sites for hydroxylation is 1. The van der Waals surface area contributed by atoms with Crippen molar-refractivity contribution in [3.8, 4) is 5.75 Å². The lowest BCUT2D eigenvalue weighted by molar-refractivity contribution is 0.0700. The summed E-state index contributed by atoms with van der Waals surface area (Å²) in [4.78, 5) is 19.2. The Balaban J connectivity index is 1.82. The normalized spacial score (nSPS) is 18.2. The number of phenolic OH excluding ortho intramolecular Hbond substituents is 1. The molecule has 0 radical (unpaired) electrons. The van der Waals surface area contributed by atoms with E-state index in [1.807, 2.05) is 36.4 Å². The van der Waals surface area contributed by atoms with Crippen molar-refractivity contribution >= 4 is 5.91 Å². The first-order valence-corrected chi connectivity index (χ1v) is 8.59. The van der Waals surface area contributed by atoms with E-state index in [4.69, 9.17) is 0 Å². The van der Waals surface area contributed by atoms with E-state index in [0.29, 0.717) is 18.2 Å². The fourth-order valence-corrected chi connectivity index (χ4v) is 3.45. The number of imidazole rings is 1. The molecule has 3 rings (SSSR count). The maximum absolute atomic E-state index is 12.8. The van der Waals surface area contributed by atoms with Gasteiger partial charge in [0.1, 0.15) is 11.6 Å². The Bertz CT molecular complexity index is 736. The summed E-state index contributed by atoms with van der Waals surface area (Å²) >= 11 is 0. The number of phenols is 1. The van der Waals surface area contributed by atoms with Gasteiger partial charge in [-0.3, -0.25) is 4.79 Å². The van der Waals surface area contributed by atoms with E-state index < -0.39 is 0 Å². The topological polar surface area (TPSA) is 58.4 Å². The minimum atomic E-state index is -0.0939. The zero-order valence-corrected chi connectivity index (χ0v) is 14.6. The van der Waals surface area contributed by atoms with Gasteiger partial charge in [-0.15, -0.1) is 0 Å². The molecule has 0 saturated carbocycles. The number of benzene rings is 1. The number of para-hydroxylation sites is 1. The molecule has 24 heavy (non-hydrogen) atoms. The van der Waals surface area contributed by atoms with Crippen molar-refractivity contribution in [3.63, 3.8) is 0 Å². The molecule has 2 aromatic rings. The Labute approximate surface area is 142 Å². The third-order valence-corrected chi connectivity index (χ3v) is 4.80. The van der Waals surface area contributed by atoms with Crippen LogP contribution in [0.1, 0.15) is 60.4 Å². The Kier molecular flexibility index (Phi) is 4.60. The SMILES string of the molecule is Cc1cccc(C(=O)N2CCC[C@H](c3nccn3C(C)C)C2)c1O. The summed E-state index contributed by atoms with van der Waals surface area (Å²) in [6.07, 6.45) is 5.83. The molecule has 0 aliphatic carbocycles. The molecule has 0 unspecified atom stereocenters. The Morgan fingerprint density at radius 1 is 1.38 bits per heavy atom. The van der Waals surface area contributed by atoms with Crippen LogP contribution >= 0.6 is 0 Å². The van der Waals surface area contributed by atoms with Gasteiger partial charge >= 0.3 is 0 Å². The second kappa shape index (κ2) is 6.67. The highest BCUT2D eigenvalue weighted by atomic mass is 16.3. The lowest BCUT2D eigenvalue weighted by Gasteiger charge is -2.33. The summed E-state index contributed by atoms with van der Waals surface area (Å²) in [6, 6.07) is 5.68. The van der Waals surface area contributed by atoms with Gasteiger partial charge in [-0.05, 0) is 45.2 Å². The number of nitrogens with zero attached hydrogens (tertiary/aromatic N) is 3. The minimum Gasteiger partial charge on any atom is -0.507 e. The third-order valence-electron chi connectivity index (χ3n) is 4.80. The number of hydrogen-bond acceptors (Lipinski definition) is 3. The highest BCUT2D eigenvalue weighted by molar-refractivity contribution is 5.97. The first-order chi connectivity index (χ1) is 11.5. The number of hydrogen-bond donors (Lipinski definition) is 1. The molecule has 1 aromatic carbocycles. The Morgan fingerprint density at radius 3 is 2.92 bits per heavy atom. The summed E-state index contributed by atoms with van der Waals surface area (Å²) in [5.41, 5.74) is 1.12. The molecule has 1 fully saturated rings. The molecule has 1 saturated heterocycles. The zero-order chi connectivity index (χ0) is 17.3. The molecule has 5 heteroatoms. The first kappa shape index (κ1) is 16.6. The maximum Gasteiger partial charge on any atom is 0.257 e. The smallest absolute Gasteiger partial charge is 0.257 e. The van der Waals surface area contributed by atoms with Crippen LogP contribution in [-0.4, -0.2) is 38.6 Å². The Hall–Kier alpha value is -2.30. The van der Waals surface area contributed by atoms with Gasteiger partial charge in [0.05, 0.1) is 5.56 Å². The average Bonchev–Trinajstić information content (AvgIpc) is 3.07. The highest BCUT2D eigenvalue weighted by Gasteiger charge is 2.29. The van der Waals surface area contributed by atoms with E-state index in [-0.39, 0.29) is 17.6 Å². The molecular weight excluding hydrogens is 302 g/mol. The minimum absolute atomic E-state index is 0.0910. The number of carbonyl (C=O) groups is 1. The van der Waals surface area contributed by atoms with Crippen LogP contribution in [0.3, 0.4) is 0 Å². The lowest BCUT2D eigenvalue weighted by atomic mass is 9.96. The van der Waals surface area contributed by atoms with E-state index in [1.165, 1.54) is 0 Å². The summed E-state index contributed by atoms with van der Waals surface area (Å²) in [7, 11) is 0. The average molecular weight is 327 g/mol. The van der Waals surface area contributed by atoms with E-state index in [2.05, 4.69) is 23.4 Å². The van der Waals surface area contributed by atoms with Gasteiger partial charge < -0.3 is 14.6 Å². The van der Waals surface area contributed by atoms with Crippen molar-refractivity contribution < 1.29 is 9.90 Å². The number of rotatable bonds is 3. The monoisotopic (exact) mass is 327 g/mol. The number of aromatic hydroxyl groups is 1. The zero-order valence-electron chi connectivity index (χ0n) is 14.6. The quantitative estimate of drug-likeness (QED) is 0.938. The van der Waals surface area contributed by atoms with Crippen LogP contribution in [0, 0.1) is 6.92 Å². The van der Waals surface area contributed by atoms with Crippen molar-refractivity contribution in [2.45, 2.75) is 45.6 Å². The van der Waals surface area contributed by atoms with Crippen molar-refractivity contribution in [1.29, 1.82) is 0 Å². The van der Waals surface area contributed by atoms with Crippen LogP contribution in [0.4, 0.5) is 0 Å². The van der Waals surface area contributed by atoms with Crippen LogP contribution in [0.15, 0.2) is 30.6 Å². The maximum atomic E-state index is 12.8. The predicted octanol–water partition coefficient (Wildman–Crippen LogP) is 3.50. The van der Waals surface area contributed by atoms with Gasteiger partial charge in [0, 0.05) is 37.4 Å². The number of carbonyl (C=O) groups excluding carboxylic acids is 1. The van der Waals surface area contributed by atoms with Crippen molar-refractivity contribution in [1.82, 2.24) is 14.5 Å². The number of likely N-dealkylation sites (tertiary alicyclic amines) is 1. The van der Waals surface area contributed by atoms with E-state index >= 15 is 0 Å². The van der Waals surface area contributed by atoms with Gasteiger partial charge in [-0.2, -0.15) is 0 Å². The second-order valence-corrected chi connectivity index (χ2v) is 6.85. The molecule has 1 aliphatic heterocycles. The molecule has 1 amide bonds. The summed E-state index contributed by atoms with van der Waals surface area (Å²) in [6.45, 7) is 7.47. The molecule has 2 heterocycles. The molecule has 128 valence electrons. The van der Waals surface area contributed by atoms with Crippen molar-refractivity contribution in [2.24, 2.45) is 0 Å². The number of piperidine rings is 1. The molecule has 1 aliphatic rings. The van der Waals surface area contributed by atoms with E-state index in [1.54, 1.807) is 6.07 Å². The molecular formula is C19H25N3O2. The summed E-state index contributed by atoms with van der Waals surface area (Å²) < 4.78 is 2.18. The molecule has 0 bridgehead atoms. The van der Waals surface area contributed by atoms with Crippen LogP contribution in [0.25, 0.3) is 0 Å². The van der Waals surface area contributed by atoms with Crippen molar-refractivity contribution in [3.05, 3.63) is 47.5 Å². The van der Waals surface area contributed by atoms with Gasteiger partial charge in [0.25, 0.3) is 5.91 Å². The molecule has 1 atom stereocenters. The Morgan fingerprint density at radius 2 is 2.17 bits per heavy atom. The molecule has 0 spiro atoms. The van der Waals surface area contributed by atoms with E-state index in [9.17, 15) is 9.90 Å². The van der Waals surface area contributed by atoms with Gasteiger partial charge in [0.15, 0.2) is 0 Å². The second-order valence-electron chi connectivity index (χ2n) is 6.85. The molecule has 1 N–H and O–H groups in total. The standard InChI is InChI=1S/C19H25N3O2/c1-13(2)22-11-9-20-18(22)15-7-5-10-21(12-15)19(24)16-8-4-6-14(3)17(16)23/h4,6,8-9,11,13,15,23H,5,7,10,12H2,1-3H3/t15-/m0/s1. The largest absolute Gasteiger partial charge is 0.507 e. The fourth-order valence-electron chi connectivity index (χ4n) is 3.45. The van der Waals surface area contributed by atoms with Crippen LogP contribution in [0.5, 0.6) is 5.75 Å². The summed E-state index contributed by atoms with van der Waals surface area (Å²) in [5.74, 6) is 1.29. The van der Waals surface area contributed by atoms with Gasteiger partial charge in [-0.1, -0.05) is 12.1 Å². The lowest BCUT2D eigenvalue weighted by Crippen LogP contribution is -2.39. The molecule has 5 nitrogen and oxygen atoms in total. The summed E-state index contributed by atoms with van der Waals surface area (Å²) in [5, 5.41) is 10.2. The fraction of sp³-hybridized carbons (Fsp3) is 0.474. The van der Waals surface area contributed by atoms with Crippen LogP contribution in [0.2, 0.25) is 0 Å².